The average molecular weight is 433 g/mol. The number of aromatic nitrogens is 2. The van der Waals surface area contributed by atoms with E-state index in [-0.39, 0.29) is 12.1 Å². The van der Waals surface area contributed by atoms with E-state index in [0.717, 1.165) is 29.3 Å². The molecule has 2 aromatic heterocycles. The predicted molar refractivity (Wildman–Crippen MR) is 127 cm³/mol. The van der Waals surface area contributed by atoms with Gasteiger partial charge >= 0.3 is 0 Å². The standard InChI is InChI=1S/C25H28N4OS/c1-5-18-15-31-25-27-23(22-11-6-7-12-26-22)24(29(18)25)21-13-16(2)28(17(21)3)19-9-8-10-20(14-19)30-4/h6-14,18,23-24H,5,15H2,1-4H3/t18-,23+,24+/m0/s1. The minimum atomic E-state index is 0.0114. The molecule has 3 aromatic rings. The number of fused-ring (bicyclic) bond motifs is 1. The fourth-order valence-corrected chi connectivity index (χ4v) is 6.26. The van der Waals surface area contributed by atoms with E-state index in [0.29, 0.717) is 6.04 Å². The summed E-state index contributed by atoms with van der Waals surface area (Å²) in [5.74, 6) is 1.97. The molecule has 1 fully saturated rings. The maximum atomic E-state index is 5.47. The van der Waals surface area contributed by atoms with Crippen molar-refractivity contribution < 1.29 is 4.74 Å². The minimum absolute atomic E-state index is 0.0114. The van der Waals surface area contributed by atoms with Gasteiger partial charge in [0.05, 0.1) is 18.8 Å². The molecule has 2 aliphatic rings. The first-order valence-corrected chi connectivity index (χ1v) is 11.8. The summed E-state index contributed by atoms with van der Waals surface area (Å²) in [5.41, 5.74) is 5.96. The van der Waals surface area contributed by atoms with E-state index < -0.39 is 0 Å². The number of thioether (sulfide) groups is 1. The molecule has 1 saturated heterocycles. The molecule has 0 amide bonds. The Bertz CT molecular complexity index is 1120. The van der Waals surface area contributed by atoms with E-state index in [4.69, 9.17) is 9.73 Å². The maximum absolute atomic E-state index is 5.47. The lowest BCUT2D eigenvalue weighted by molar-refractivity contribution is 0.254. The number of hydrogen-bond donors (Lipinski definition) is 0. The van der Waals surface area contributed by atoms with Gasteiger partial charge in [0, 0.05) is 41.1 Å². The first kappa shape index (κ1) is 20.2. The Balaban J connectivity index is 1.63. The number of aryl methyl sites for hydroxylation is 1. The second-order valence-electron chi connectivity index (χ2n) is 8.20. The Morgan fingerprint density at radius 1 is 1.13 bits per heavy atom. The molecule has 6 heteroatoms. The zero-order valence-corrected chi connectivity index (χ0v) is 19.3. The molecule has 160 valence electrons. The highest BCUT2D eigenvalue weighted by atomic mass is 32.2. The van der Waals surface area contributed by atoms with Crippen molar-refractivity contribution in [3.63, 3.8) is 0 Å². The molecule has 0 spiro atoms. The van der Waals surface area contributed by atoms with Crippen LogP contribution in [0.15, 0.2) is 59.7 Å². The minimum Gasteiger partial charge on any atom is -0.497 e. The third kappa shape index (κ3) is 3.33. The number of rotatable bonds is 5. The van der Waals surface area contributed by atoms with Gasteiger partial charge in [-0.15, -0.1) is 0 Å². The number of pyridine rings is 1. The molecule has 0 unspecified atom stereocenters. The van der Waals surface area contributed by atoms with Crippen molar-refractivity contribution in [2.45, 2.75) is 45.3 Å². The van der Waals surface area contributed by atoms with Gasteiger partial charge in [-0.25, -0.2) is 0 Å². The van der Waals surface area contributed by atoms with Crippen LogP contribution < -0.4 is 4.74 Å². The average Bonchev–Trinajstić information content (AvgIpc) is 3.45. The van der Waals surface area contributed by atoms with Crippen LogP contribution in [0, 0.1) is 13.8 Å². The Morgan fingerprint density at radius 3 is 2.74 bits per heavy atom. The van der Waals surface area contributed by atoms with Gasteiger partial charge in [0.1, 0.15) is 11.8 Å². The van der Waals surface area contributed by atoms with E-state index in [2.05, 4.69) is 65.6 Å². The number of ether oxygens (including phenoxy) is 1. The van der Waals surface area contributed by atoms with Crippen molar-refractivity contribution in [2.75, 3.05) is 12.9 Å². The van der Waals surface area contributed by atoms with Crippen LogP contribution in [0.4, 0.5) is 0 Å². The van der Waals surface area contributed by atoms with Crippen LogP contribution in [0.25, 0.3) is 5.69 Å². The molecule has 2 aliphatic heterocycles. The monoisotopic (exact) mass is 432 g/mol. The molecular formula is C25H28N4OS. The Kier molecular flexibility index (Phi) is 5.26. The molecule has 1 aromatic carbocycles. The number of nitrogens with zero attached hydrogens (tertiary/aromatic N) is 4. The number of aliphatic imine (C=N–C) groups is 1. The Hall–Kier alpha value is -2.73. The van der Waals surface area contributed by atoms with Crippen molar-refractivity contribution >= 4 is 16.9 Å². The zero-order valence-electron chi connectivity index (χ0n) is 18.4. The van der Waals surface area contributed by atoms with Gasteiger partial charge in [-0.3, -0.25) is 9.98 Å². The summed E-state index contributed by atoms with van der Waals surface area (Å²) in [6.07, 6.45) is 2.99. The summed E-state index contributed by atoms with van der Waals surface area (Å²) < 4.78 is 7.80. The van der Waals surface area contributed by atoms with E-state index in [1.54, 1.807) is 7.11 Å². The summed E-state index contributed by atoms with van der Waals surface area (Å²) in [4.78, 5) is 12.4. The Labute approximate surface area is 188 Å². The van der Waals surface area contributed by atoms with E-state index in [9.17, 15) is 0 Å². The number of hydrogen-bond acceptors (Lipinski definition) is 5. The fraction of sp³-hybridized carbons (Fsp3) is 0.360. The molecule has 3 atom stereocenters. The van der Waals surface area contributed by atoms with Crippen molar-refractivity contribution in [3.8, 4) is 11.4 Å². The van der Waals surface area contributed by atoms with Gasteiger partial charge in [0.2, 0.25) is 0 Å². The van der Waals surface area contributed by atoms with Gasteiger partial charge in [0.25, 0.3) is 0 Å². The molecule has 0 radical (unpaired) electrons. The van der Waals surface area contributed by atoms with Crippen LogP contribution >= 0.6 is 11.8 Å². The zero-order chi connectivity index (χ0) is 21.5. The van der Waals surface area contributed by atoms with Crippen molar-refractivity contribution in [3.05, 3.63) is 77.4 Å². The van der Waals surface area contributed by atoms with Crippen LogP contribution in [-0.2, 0) is 0 Å². The lowest BCUT2D eigenvalue weighted by atomic mass is 9.95. The smallest absolute Gasteiger partial charge is 0.160 e. The van der Waals surface area contributed by atoms with Gasteiger partial charge in [-0.2, -0.15) is 0 Å². The largest absolute Gasteiger partial charge is 0.497 e. The molecule has 0 bridgehead atoms. The first-order valence-electron chi connectivity index (χ1n) is 10.9. The second kappa shape index (κ2) is 8.08. The molecule has 0 saturated carbocycles. The summed E-state index contributed by atoms with van der Waals surface area (Å²) in [5, 5.41) is 1.17. The van der Waals surface area contributed by atoms with Crippen LogP contribution in [0.3, 0.4) is 0 Å². The highest BCUT2D eigenvalue weighted by molar-refractivity contribution is 8.14. The predicted octanol–water partition coefficient (Wildman–Crippen LogP) is 5.48. The van der Waals surface area contributed by atoms with Gasteiger partial charge < -0.3 is 14.2 Å². The highest BCUT2D eigenvalue weighted by Crippen LogP contribution is 2.49. The molecule has 0 aliphatic carbocycles. The molecule has 4 heterocycles. The van der Waals surface area contributed by atoms with E-state index in [1.165, 1.54) is 22.1 Å². The Morgan fingerprint density at radius 2 is 2.00 bits per heavy atom. The fourth-order valence-electron chi connectivity index (χ4n) is 4.92. The maximum Gasteiger partial charge on any atom is 0.160 e. The molecule has 31 heavy (non-hydrogen) atoms. The SMILES string of the molecule is CC[C@H]1CSC2=N[C@H](c3ccccn3)[C@@H](c3cc(C)n(-c4cccc(OC)c4)c3C)N21. The third-order valence-electron chi connectivity index (χ3n) is 6.43. The van der Waals surface area contributed by atoms with Crippen molar-refractivity contribution in [1.82, 2.24) is 14.5 Å². The lowest BCUT2D eigenvalue weighted by Gasteiger charge is -2.32. The van der Waals surface area contributed by atoms with Crippen molar-refractivity contribution in [1.29, 1.82) is 0 Å². The van der Waals surface area contributed by atoms with Crippen LogP contribution in [0.2, 0.25) is 0 Å². The second-order valence-corrected chi connectivity index (χ2v) is 9.19. The topological polar surface area (TPSA) is 42.6 Å². The van der Waals surface area contributed by atoms with Gasteiger partial charge in [0.15, 0.2) is 5.17 Å². The normalized spacial score (nSPS) is 22.5. The lowest BCUT2D eigenvalue weighted by Crippen LogP contribution is -2.35. The highest BCUT2D eigenvalue weighted by Gasteiger charge is 2.46. The third-order valence-corrected chi connectivity index (χ3v) is 7.56. The molecule has 0 N–H and O–H groups in total. The van der Waals surface area contributed by atoms with Crippen molar-refractivity contribution in [2.24, 2.45) is 4.99 Å². The van der Waals surface area contributed by atoms with Crippen LogP contribution in [0.5, 0.6) is 5.75 Å². The molecule has 5 rings (SSSR count). The van der Waals surface area contributed by atoms with Crippen LogP contribution in [0.1, 0.15) is 48.1 Å². The summed E-state index contributed by atoms with van der Waals surface area (Å²) in [6, 6.07) is 17.4. The first-order chi connectivity index (χ1) is 15.1. The molecular weight excluding hydrogens is 404 g/mol. The molecule has 5 nitrogen and oxygen atoms in total. The van der Waals surface area contributed by atoms with E-state index in [1.807, 2.05) is 36.2 Å². The van der Waals surface area contributed by atoms with E-state index >= 15 is 0 Å². The summed E-state index contributed by atoms with van der Waals surface area (Å²) >= 11 is 1.89. The number of methoxy groups -OCH3 is 1. The van der Waals surface area contributed by atoms with Crippen LogP contribution in [-0.4, -0.2) is 38.5 Å². The number of benzene rings is 1. The summed E-state index contributed by atoms with van der Waals surface area (Å²) in [6.45, 7) is 6.68. The summed E-state index contributed by atoms with van der Waals surface area (Å²) in [7, 11) is 1.71. The van der Waals surface area contributed by atoms with Gasteiger partial charge in [-0.05, 0) is 56.2 Å². The quantitative estimate of drug-likeness (QED) is 0.536. The van der Waals surface area contributed by atoms with Gasteiger partial charge in [-0.1, -0.05) is 30.8 Å². The number of amidine groups is 1.